The first-order chi connectivity index (χ1) is 15.4. The lowest BCUT2D eigenvalue weighted by Crippen LogP contribution is -2.57. The van der Waals surface area contributed by atoms with E-state index < -0.39 is 10.0 Å². The smallest absolute Gasteiger partial charge is 0.262 e. The standard InChI is InChI=1S/C22H32N6O3S/c1-26-16-21(25-17-26)32(30,31)28-13-8-19-20(15-28)27(14-18-6-10-23-11-7-18)12-5-3-2-4-9-24-22(19)29/h6-7,10-11,16-17,19-20H,2-5,8-9,12-15H2,1H3,(H,24,29)/t19-,20-/m1/s1. The quantitative estimate of drug-likeness (QED) is 0.740. The second kappa shape index (κ2) is 10.1. The second-order valence-electron chi connectivity index (χ2n) is 8.73. The first-order valence-electron chi connectivity index (χ1n) is 11.3. The summed E-state index contributed by atoms with van der Waals surface area (Å²) in [6, 6.07) is 3.75. The van der Waals surface area contributed by atoms with E-state index in [2.05, 4.69) is 20.2 Å². The lowest BCUT2D eigenvalue weighted by atomic mass is 9.90. The molecule has 32 heavy (non-hydrogen) atoms. The Labute approximate surface area is 189 Å². The van der Waals surface area contributed by atoms with Gasteiger partial charge in [-0.25, -0.2) is 13.4 Å². The number of rotatable bonds is 4. The fraction of sp³-hybridized carbons (Fsp3) is 0.591. The number of nitrogens with one attached hydrogen (secondary N) is 1. The molecule has 2 aromatic rings. The first-order valence-corrected chi connectivity index (χ1v) is 12.8. The monoisotopic (exact) mass is 460 g/mol. The number of carbonyl (C=O) groups is 1. The van der Waals surface area contributed by atoms with E-state index in [1.54, 1.807) is 24.0 Å². The highest BCUT2D eigenvalue weighted by atomic mass is 32.2. The van der Waals surface area contributed by atoms with Crippen LogP contribution in [0.5, 0.6) is 0 Å². The van der Waals surface area contributed by atoms with Gasteiger partial charge >= 0.3 is 0 Å². The maximum absolute atomic E-state index is 13.3. The molecule has 1 amide bonds. The van der Waals surface area contributed by atoms with E-state index in [0.717, 1.165) is 37.8 Å². The molecule has 0 aliphatic carbocycles. The van der Waals surface area contributed by atoms with Crippen molar-refractivity contribution < 1.29 is 13.2 Å². The minimum Gasteiger partial charge on any atom is -0.356 e. The molecule has 4 heterocycles. The van der Waals surface area contributed by atoms with Crippen LogP contribution in [-0.2, 0) is 28.4 Å². The van der Waals surface area contributed by atoms with Gasteiger partial charge in [-0.2, -0.15) is 4.31 Å². The van der Waals surface area contributed by atoms with Gasteiger partial charge < -0.3 is 9.88 Å². The maximum Gasteiger partial charge on any atom is 0.262 e. The third-order valence-corrected chi connectivity index (χ3v) is 8.19. The van der Waals surface area contributed by atoms with Gasteiger partial charge in [-0.15, -0.1) is 0 Å². The van der Waals surface area contributed by atoms with Gasteiger partial charge in [0, 0.05) is 57.9 Å². The van der Waals surface area contributed by atoms with E-state index in [9.17, 15) is 13.2 Å². The summed E-state index contributed by atoms with van der Waals surface area (Å²) in [5.41, 5.74) is 1.11. The van der Waals surface area contributed by atoms with Crippen molar-refractivity contribution in [2.24, 2.45) is 13.0 Å². The molecule has 0 saturated carbocycles. The van der Waals surface area contributed by atoms with Crippen molar-refractivity contribution in [3.05, 3.63) is 42.6 Å². The van der Waals surface area contributed by atoms with Gasteiger partial charge in [0.2, 0.25) is 5.91 Å². The van der Waals surface area contributed by atoms with Gasteiger partial charge in [0.25, 0.3) is 10.0 Å². The number of nitrogens with zero attached hydrogens (tertiary/aromatic N) is 5. The first kappa shape index (κ1) is 22.9. The summed E-state index contributed by atoms with van der Waals surface area (Å²) in [6.07, 6.45) is 11.2. The van der Waals surface area contributed by atoms with E-state index in [1.165, 1.54) is 16.8 Å². The number of imidazole rings is 1. The van der Waals surface area contributed by atoms with Crippen molar-refractivity contribution in [3.8, 4) is 0 Å². The molecule has 1 N–H and O–H groups in total. The van der Waals surface area contributed by atoms with Crippen molar-refractivity contribution in [2.45, 2.75) is 49.7 Å². The highest BCUT2D eigenvalue weighted by molar-refractivity contribution is 7.89. The van der Waals surface area contributed by atoms with Gasteiger partial charge in [0.15, 0.2) is 5.03 Å². The van der Waals surface area contributed by atoms with E-state index in [0.29, 0.717) is 26.1 Å². The summed E-state index contributed by atoms with van der Waals surface area (Å²) in [7, 11) is -1.96. The molecule has 2 atom stereocenters. The number of hydrogen-bond donors (Lipinski definition) is 1. The largest absolute Gasteiger partial charge is 0.356 e. The molecular formula is C22H32N6O3S. The van der Waals surface area contributed by atoms with Gasteiger partial charge in [0.1, 0.15) is 0 Å². The fourth-order valence-corrected chi connectivity index (χ4v) is 6.11. The predicted octanol–water partition coefficient (Wildman–Crippen LogP) is 1.39. The van der Waals surface area contributed by atoms with Gasteiger partial charge in [-0.05, 0) is 43.5 Å². The molecular weight excluding hydrogens is 428 g/mol. The number of piperidine rings is 1. The SMILES string of the molecule is Cn1cnc(S(=O)(=O)N2CC[C@H]3C(=O)NCCCCCCN(Cc4ccncc4)[C@@H]3C2)c1. The molecule has 2 aliphatic rings. The van der Waals surface area contributed by atoms with E-state index in [1.807, 2.05) is 12.1 Å². The van der Waals surface area contributed by atoms with Crippen LogP contribution in [-0.4, -0.2) is 70.3 Å². The maximum atomic E-state index is 13.3. The Hall–Kier alpha value is -2.30. The lowest BCUT2D eigenvalue weighted by Gasteiger charge is -2.43. The highest BCUT2D eigenvalue weighted by Gasteiger charge is 2.42. The van der Waals surface area contributed by atoms with E-state index in [-0.39, 0.29) is 29.4 Å². The highest BCUT2D eigenvalue weighted by Crippen LogP contribution is 2.29. The van der Waals surface area contributed by atoms with Crippen LogP contribution in [0.15, 0.2) is 42.1 Å². The zero-order valence-corrected chi connectivity index (χ0v) is 19.4. The van der Waals surface area contributed by atoms with Crippen molar-refractivity contribution >= 4 is 15.9 Å². The van der Waals surface area contributed by atoms with Crippen molar-refractivity contribution in [1.82, 2.24) is 29.1 Å². The Kier molecular flexibility index (Phi) is 7.22. The summed E-state index contributed by atoms with van der Waals surface area (Å²) < 4.78 is 29.7. The van der Waals surface area contributed by atoms with Crippen LogP contribution in [0.4, 0.5) is 0 Å². The van der Waals surface area contributed by atoms with Crippen LogP contribution in [0.1, 0.15) is 37.7 Å². The minimum atomic E-state index is -3.72. The normalized spacial score (nSPS) is 24.3. The zero-order valence-electron chi connectivity index (χ0n) is 18.6. The number of pyridine rings is 1. The van der Waals surface area contributed by atoms with Gasteiger partial charge in [0.05, 0.1) is 12.2 Å². The van der Waals surface area contributed by atoms with Crippen LogP contribution in [0.3, 0.4) is 0 Å². The van der Waals surface area contributed by atoms with Crippen LogP contribution in [0.2, 0.25) is 0 Å². The Balaban J connectivity index is 1.63. The van der Waals surface area contributed by atoms with Crippen molar-refractivity contribution in [3.63, 3.8) is 0 Å². The molecule has 2 aromatic heterocycles. The number of aromatic nitrogens is 3. The second-order valence-corrected chi connectivity index (χ2v) is 10.6. The van der Waals surface area contributed by atoms with Crippen LogP contribution in [0.25, 0.3) is 0 Å². The summed E-state index contributed by atoms with van der Waals surface area (Å²) >= 11 is 0. The number of fused-ring (bicyclic) bond motifs is 1. The summed E-state index contributed by atoms with van der Waals surface area (Å²) in [5, 5.41) is 3.15. The van der Waals surface area contributed by atoms with Crippen LogP contribution >= 0.6 is 0 Å². The fourth-order valence-electron chi connectivity index (χ4n) is 4.67. The summed E-state index contributed by atoms with van der Waals surface area (Å²) in [6.45, 7) is 2.77. The molecule has 2 saturated heterocycles. The average Bonchev–Trinajstić information content (AvgIpc) is 3.23. The molecule has 0 aromatic carbocycles. The van der Waals surface area contributed by atoms with Crippen molar-refractivity contribution in [1.29, 1.82) is 0 Å². The van der Waals surface area contributed by atoms with Gasteiger partial charge in [-0.3, -0.25) is 14.7 Å². The third-order valence-electron chi connectivity index (χ3n) is 6.44. The van der Waals surface area contributed by atoms with Crippen LogP contribution in [0, 0.1) is 5.92 Å². The predicted molar refractivity (Wildman–Crippen MR) is 120 cm³/mol. The Morgan fingerprint density at radius 2 is 1.91 bits per heavy atom. The third kappa shape index (κ3) is 5.19. The number of carbonyl (C=O) groups excluding carboxylic acids is 1. The number of amides is 1. The summed E-state index contributed by atoms with van der Waals surface area (Å²) in [4.78, 5) is 23.6. The minimum absolute atomic E-state index is 0.0338. The van der Waals surface area contributed by atoms with E-state index in [4.69, 9.17) is 0 Å². The molecule has 4 rings (SSSR count). The Morgan fingerprint density at radius 1 is 1.12 bits per heavy atom. The topological polar surface area (TPSA) is 100 Å². The zero-order chi connectivity index (χ0) is 22.6. The summed E-state index contributed by atoms with van der Waals surface area (Å²) in [5.74, 6) is -0.211. The molecule has 0 bridgehead atoms. The molecule has 2 fully saturated rings. The molecule has 0 unspecified atom stereocenters. The van der Waals surface area contributed by atoms with E-state index >= 15 is 0 Å². The molecule has 2 aliphatic heterocycles. The average molecular weight is 461 g/mol. The number of aryl methyl sites for hydroxylation is 1. The van der Waals surface area contributed by atoms with Crippen LogP contribution < -0.4 is 5.32 Å². The number of hydrogen-bond acceptors (Lipinski definition) is 6. The van der Waals surface area contributed by atoms with Gasteiger partial charge in [-0.1, -0.05) is 12.8 Å². The number of sulfonamides is 1. The molecule has 9 nitrogen and oxygen atoms in total. The Bertz CT molecular complexity index is 1010. The molecule has 10 heteroatoms. The molecule has 0 spiro atoms. The Morgan fingerprint density at radius 3 is 2.66 bits per heavy atom. The lowest BCUT2D eigenvalue weighted by molar-refractivity contribution is -0.129. The molecule has 174 valence electrons. The molecule has 0 radical (unpaired) electrons. The van der Waals surface area contributed by atoms with Crippen molar-refractivity contribution in [2.75, 3.05) is 26.2 Å².